The van der Waals surface area contributed by atoms with Crippen LogP contribution in [0.15, 0.2) is 59.6 Å². The number of aromatic nitrogens is 1. The average Bonchev–Trinajstić information content (AvgIpc) is 2.88. The Labute approximate surface area is 149 Å². The van der Waals surface area contributed by atoms with Gasteiger partial charge in [-0.25, -0.2) is 0 Å². The summed E-state index contributed by atoms with van der Waals surface area (Å²) in [7, 11) is 0. The molecular formula is C18H11ClN4S. The predicted octanol–water partition coefficient (Wildman–Crippen LogP) is 4.99. The van der Waals surface area contributed by atoms with E-state index in [9.17, 15) is 5.26 Å². The van der Waals surface area contributed by atoms with Crippen LogP contribution in [0.3, 0.4) is 0 Å². The lowest BCUT2D eigenvalue weighted by Gasteiger charge is -2.08. The van der Waals surface area contributed by atoms with Crippen molar-refractivity contribution in [3.05, 3.63) is 65.2 Å². The van der Waals surface area contributed by atoms with Gasteiger partial charge < -0.3 is 5.73 Å². The van der Waals surface area contributed by atoms with E-state index in [0.717, 1.165) is 11.3 Å². The van der Waals surface area contributed by atoms with E-state index in [2.05, 4.69) is 16.2 Å². The number of nitrogen functional groups attached to an aromatic ring is 1. The molecule has 2 aromatic carbocycles. The summed E-state index contributed by atoms with van der Waals surface area (Å²) in [4.78, 5) is 4.17. The maximum atomic E-state index is 9.61. The SMILES string of the molecule is N#Cc1c(-c2ccccc2)c(N=C=S)n(-c2ccc(Cl)cc2)c1N. The van der Waals surface area contributed by atoms with E-state index in [-0.39, 0.29) is 0 Å². The van der Waals surface area contributed by atoms with E-state index in [0.29, 0.717) is 27.8 Å². The molecular weight excluding hydrogens is 340 g/mol. The van der Waals surface area contributed by atoms with Crippen LogP contribution in [0.5, 0.6) is 0 Å². The third-order valence-corrected chi connectivity index (χ3v) is 3.94. The molecule has 2 N–H and O–H groups in total. The van der Waals surface area contributed by atoms with Gasteiger partial charge in [-0.15, -0.1) is 0 Å². The van der Waals surface area contributed by atoms with Crippen molar-refractivity contribution in [3.63, 3.8) is 0 Å². The minimum atomic E-state index is 0.294. The zero-order valence-electron chi connectivity index (χ0n) is 12.4. The molecule has 6 heteroatoms. The summed E-state index contributed by atoms with van der Waals surface area (Å²) in [6.45, 7) is 0. The Balaban J connectivity index is 2.39. The number of nitrogens with two attached hydrogens (primary N) is 1. The van der Waals surface area contributed by atoms with E-state index in [1.54, 1.807) is 28.8 Å². The van der Waals surface area contributed by atoms with Gasteiger partial charge in [0.05, 0.1) is 5.16 Å². The second-order valence-corrected chi connectivity index (χ2v) is 5.57. The van der Waals surface area contributed by atoms with Crippen molar-refractivity contribution in [2.24, 2.45) is 4.99 Å². The quantitative estimate of drug-likeness (QED) is 0.534. The fourth-order valence-corrected chi connectivity index (χ4v) is 2.78. The van der Waals surface area contributed by atoms with Crippen molar-refractivity contribution >= 4 is 40.6 Å². The minimum Gasteiger partial charge on any atom is -0.384 e. The van der Waals surface area contributed by atoms with Crippen LogP contribution >= 0.6 is 23.8 Å². The van der Waals surface area contributed by atoms with Crippen LogP contribution in [0.4, 0.5) is 11.6 Å². The maximum absolute atomic E-state index is 9.61. The maximum Gasteiger partial charge on any atom is 0.158 e. The molecule has 116 valence electrons. The van der Waals surface area contributed by atoms with Crippen LogP contribution < -0.4 is 5.73 Å². The van der Waals surface area contributed by atoms with Gasteiger partial charge in [-0.1, -0.05) is 41.9 Å². The first-order valence-corrected chi connectivity index (χ1v) is 7.79. The topological polar surface area (TPSA) is 67.1 Å². The Morgan fingerprint density at radius 2 is 1.75 bits per heavy atom. The van der Waals surface area contributed by atoms with Crippen molar-refractivity contribution < 1.29 is 0 Å². The Morgan fingerprint density at radius 3 is 2.33 bits per heavy atom. The zero-order chi connectivity index (χ0) is 17.1. The molecule has 0 aliphatic carbocycles. The van der Waals surface area contributed by atoms with Gasteiger partial charge in [0, 0.05) is 16.3 Å². The number of anilines is 1. The highest BCUT2D eigenvalue weighted by atomic mass is 35.5. The second kappa shape index (κ2) is 6.69. The van der Waals surface area contributed by atoms with Gasteiger partial charge in [-0.05, 0) is 42.0 Å². The number of nitriles is 1. The van der Waals surface area contributed by atoms with E-state index in [1.165, 1.54) is 0 Å². The van der Waals surface area contributed by atoms with Crippen molar-refractivity contribution in [2.45, 2.75) is 0 Å². The number of isothiocyanates is 1. The van der Waals surface area contributed by atoms with Crippen molar-refractivity contribution in [2.75, 3.05) is 5.73 Å². The van der Waals surface area contributed by atoms with Crippen molar-refractivity contribution in [3.8, 4) is 22.9 Å². The minimum absolute atomic E-state index is 0.294. The molecule has 3 rings (SSSR count). The molecule has 0 unspecified atom stereocenters. The van der Waals surface area contributed by atoms with Gasteiger partial charge in [0.1, 0.15) is 17.5 Å². The summed E-state index contributed by atoms with van der Waals surface area (Å²) in [5.41, 5.74) is 8.78. The molecule has 1 aromatic heterocycles. The highest BCUT2D eigenvalue weighted by molar-refractivity contribution is 7.78. The van der Waals surface area contributed by atoms with Crippen LogP contribution in [0.25, 0.3) is 16.8 Å². The highest BCUT2D eigenvalue weighted by Gasteiger charge is 2.23. The van der Waals surface area contributed by atoms with Crippen molar-refractivity contribution in [1.82, 2.24) is 4.57 Å². The Hall–Kier alpha value is -2.90. The van der Waals surface area contributed by atoms with Gasteiger partial charge in [-0.2, -0.15) is 10.3 Å². The number of hydrogen-bond donors (Lipinski definition) is 1. The molecule has 4 nitrogen and oxygen atoms in total. The summed E-state index contributed by atoms with van der Waals surface area (Å²) in [6.07, 6.45) is 0. The summed E-state index contributed by atoms with van der Waals surface area (Å²) in [5.74, 6) is 0.759. The monoisotopic (exact) mass is 350 g/mol. The molecule has 0 saturated carbocycles. The van der Waals surface area contributed by atoms with Gasteiger partial charge in [0.25, 0.3) is 0 Å². The summed E-state index contributed by atoms with van der Waals surface area (Å²) >= 11 is 10.7. The van der Waals surface area contributed by atoms with Gasteiger partial charge >= 0.3 is 0 Å². The Bertz CT molecular complexity index is 979. The molecule has 0 spiro atoms. The van der Waals surface area contributed by atoms with Crippen LogP contribution in [-0.4, -0.2) is 9.73 Å². The van der Waals surface area contributed by atoms with E-state index < -0.39 is 0 Å². The average molecular weight is 351 g/mol. The first-order valence-electron chi connectivity index (χ1n) is 7.01. The number of hydrogen-bond acceptors (Lipinski definition) is 4. The number of rotatable bonds is 3. The number of thiocarbonyl (C=S) groups is 1. The van der Waals surface area contributed by atoms with E-state index >= 15 is 0 Å². The normalized spacial score (nSPS) is 10.0. The molecule has 0 aliphatic rings. The Morgan fingerprint density at radius 1 is 1.08 bits per heavy atom. The lowest BCUT2D eigenvalue weighted by Crippen LogP contribution is -2.00. The van der Waals surface area contributed by atoms with E-state index in [1.807, 2.05) is 30.3 Å². The molecule has 0 bridgehead atoms. The lowest BCUT2D eigenvalue weighted by molar-refractivity contribution is 1.08. The Kier molecular flexibility index (Phi) is 4.45. The fraction of sp³-hybridized carbons (Fsp3) is 0. The standard InChI is InChI=1S/C18H11ClN4S/c19-13-6-8-14(9-7-13)23-17(21)15(10-20)16(18(23)22-11-24)12-4-2-1-3-5-12/h1-9H,21H2. The van der Waals surface area contributed by atoms with E-state index in [4.69, 9.17) is 29.6 Å². The molecule has 0 radical (unpaired) electrons. The molecule has 0 saturated heterocycles. The van der Waals surface area contributed by atoms with Crippen molar-refractivity contribution in [1.29, 1.82) is 5.26 Å². The fourth-order valence-electron chi connectivity index (χ4n) is 2.57. The third kappa shape index (κ3) is 2.70. The first kappa shape index (κ1) is 16.0. The molecule has 0 aliphatic heterocycles. The highest BCUT2D eigenvalue weighted by Crippen LogP contribution is 2.41. The first-order chi connectivity index (χ1) is 11.7. The van der Waals surface area contributed by atoms with Crippen LogP contribution in [0.2, 0.25) is 5.02 Å². The van der Waals surface area contributed by atoms with Crippen LogP contribution in [-0.2, 0) is 0 Å². The smallest absolute Gasteiger partial charge is 0.158 e. The molecule has 1 heterocycles. The summed E-state index contributed by atoms with van der Waals surface area (Å²) in [6, 6.07) is 18.7. The summed E-state index contributed by atoms with van der Waals surface area (Å²) < 4.78 is 1.68. The largest absolute Gasteiger partial charge is 0.384 e. The lowest BCUT2D eigenvalue weighted by atomic mass is 10.0. The third-order valence-electron chi connectivity index (χ3n) is 3.59. The number of aliphatic imine (C=N–C) groups is 1. The second-order valence-electron chi connectivity index (χ2n) is 4.95. The number of nitrogens with zero attached hydrogens (tertiary/aromatic N) is 3. The van der Waals surface area contributed by atoms with Gasteiger partial charge in [-0.3, -0.25) is 4.57 Å². The molecule has 0 fully saturated rings. The van der Waals surface area contributed by atoms with Gasteiger partial charge in [0.15, 0.2) is 5.82 Å². The molecule has 24 heavy (non-hydrogen) atoms. The molecule has 0 atom stereocenters. The molecule has 0 amide bonds. The zero-order valence-corrected chi connectivity index (χ0v) is 14.0. The molecule has 3 aromatic rings. The van der Waals surface area contributed by atoms with Crippen LogP contribution in [0, 0.1) is 11.3 Å². The summed E-state index contributed by atoms with van der Waals surface area (Å²) in [5, 5.41) is 12.6. The van der Waals surface area contributed by atoms with Crippen LogP contribution in [0.1, 0.15) is 5.56 Å². The number of benzene rings is 2. The van der Waals surface area contributed by atoms with Gasteiger partial charge in [0.2, 0.25) is 0 Å². The predicted molar refractivity (Wildman–Crippen MR) is 100 cm³/mol. The number of halogens is 1.